The number of methoxy groups -OCH3 is 1. The lowest BCUT2D eigenvalue weighted by atomic mass is 10.0. The van der Waals surface area contributed by atoms with Gasteiger partial charge in [0.25, 0.3) is 5.91 Å². The molecule has 25 heavy (non-hydrogen) atoms. The zero-order valence-electron chi connectivity index (χ0n) is 13.9. The molecule has 0 fully saturated rings. The molecule has 0 unspecified atom stereocenters. The van der Waals surface area contributed by atoms with Gasteiger partial charge in [0.05, 0.1) is 19.9 Å². The highest BCUT2D eigenvalue weighted by Crippen LogP contribution is 2.20. The van der Waals surface area contributed by atoms with Gasteiger partial charge in [-0.1, -0.05) is 42.5 Å². The predicted octanol–water partition coefficient (Wildman–Crippen LogP) is 4.15. The molecular weight excluding hydrogens is 314 g/mol. The smallest absolute Gasteiger partial charge is 0.252 e. The fourth-order valence-corrected chi connectivity index (χ4v) is 2.44. The number of carbonyl (C=O) groups is 1. The highest BCUT2D eigenvalue weighted by Gasteiger charge is 2.12. The average molecular weight is 333 g/mol. The van der Waals surface area contributed by atoms with Crippen LogP contribution in [0.3, 0.4) is 0 Å². The van der Waals surface area contributed by atoms with Gasteiger partial charge in [0, 0.05) is 5.57 Å². The van der Waals surface area contributed by atoms with Crippen LogP contribution < -0.4 is 10.1 Å². The Morgan fingerprint density at radius 3 is 2.44 bits per heavy atom. The molecule has 126 valence electrons. The van der Waals surface area contributed by atoms with Crippen molar-refractivity contribution < 1.29 is 13.9 Å². The number of furan rings is 1. The van der Waals surface area contributed by atoms with E-state index >= 15 is 0 Å². The SMILES string of the molecule is COc1ccc(C=C(C(=O)NCc2ccco2)c2ccccc2)cc1. The minimum absolute atomic E-state index is 0.154. The van der Waals surface area contributed by atoms with Crippen molar-refractivity contribution in [2.45, 2.75) is 6.54 Å². The van der Waals surface area contributed by atoms with E-state index in [1.54, 1.807) is 19.4 Å². The maximum atomic E-state index is 12.7. The summed E-state index contributed by atoms with van der Waals surface area (Å²) in [5, 5.41) is 2.90. The second-order valence-corrected chi connectivity index (χ2v) is 5.46. The van der Waals surface area contributed by atoms with Crippen molar-refractivity contribution in [3.05, 3.63) is 89.9 Å². The summed E-state index contributed by atoms with van der Waals surface area (Å²) in [6, 6.07) is 20.8. The lowest BCUT2D eigenvalue weighted by Crippen LogP contribution is -2.23. The molecule has 0 saturated carbocycles. The van der Waals surface area contributed by atoms with E-state index in [2.05, 4.69) is 5.32 Å². The Hall–Kier alpha value is -3.27. The van der Waals surface area contributed by atoms with Gasteiger partial charge in [0.2, 0.25) is 0 Å². The number of rotatable bonds is 6. The Morgan fingerprint density at radius 1 is 1.04 bits per heavy atom. The van der Waals surface area contributed by atoms with Crippen LogP contribution in [-0.4, -0.2) is 13.0 Å². The summed E-state index contributed by atoms with van der Waals surface area (Å²) in [5.74, 6) is 1.34. The van der Waals surface area contributed by atoms with Crippen molar-refractivity contribution in [1.29, 1.82) is 0 Å². The van der Waals surface area contributed by atoms with Crippen molar-refractivity contribution in [3.63, 3.8) is 0 Å². The van der Waals surface area contributed by atoms with E-state index in [0.717, 1.165) is 16.9 Å². The third kappa shape index (κ3) is 4.38. The van der Waals surface area contributed by atoms with E-state index in [1.807, 2.05) is 66.7 Å². The average Bonchev–Trinajstić information content (AvgIpc) is 3.19. The Morgan fingerprint density at radius 2 is 1.80 bits per heavy atom. The van der Waals surface area contributed by atoms with Gasteiger partial charge in [0.1, 0.15) is 11.5 Å². The van der Waals surface area contributed by atoms with Crippen LogP contribution in [-0.2, 0) is 11.3 Å². The van der Waals surface area contributed by atoms with Crippen molar-refractivity contribution in [1.82, 2.24) is 5.32 Å². The van der Waals surface area contributed by atoms with Crippen LogP contribution in [0.5, 0.6) is 5.75 Å². The van der Waals surface area contributed by atoms with E-state index < -0.39 is 0 Å². The predicted molar refractivity (Wildman–Crippen MR) is 97.9 cm³/mol. The summed E-state index contributed by atoms with van der Waals surface area (Å²) in [7, 11) is 1.63. The Kier molecular flexibility index (Phi) is 5.32. The molecule has 1 amide bonds. The normalized spacial score (nSPS) is 11.2. The summed E-state index contributed by atoms with van der Waals surface area (Å²) in [5.41, 5.74) is 2.38. The quantitative estimate of drug-likeness (QED) is 0.545. The fraction of sp³-hybridized carbons (Fsp3) is 0.0952. The monoisotopic (exact) mass is 333 g/mol. The molecular formula is C21H19NO3. The van der Waals surface area contributed by atoms with Crippen LogP contribution in [0.1, 0.15) is 16.9 Å². The molecule has 0 atom stereocenters. The summed E-state index contributed by atoms with van der Waals surface area (Å²) < 4.78 is 10.4. The molecule has 0 aliphatic carbocycles. The zero-order chi connectivity index (χ0) is 17.5. The van der Waals surface area contributed by atoms with E-state index in [-0.39, 0.29) is 5.91 Å². The molecule has 3 rings (SSSR count). The van der Waals surface area contributed by atoms with Gasteiger partial charge >= 0.3 is 0 Å². The van der Waals surface area contributed by atoms with Crippen LogP contribution in [0, 0.1) is 0 Å². The molecule has 1 heterocycles. The maximum absolute atomic E-state index is 12.7. The van der Waals surface area contributed by atoms with Gasteiger partial charge in [-0.15, -0.1) is 0 Å². The first-order valence-corrected chi connectivity index (χ1v) is 7.98. The molecule has 1 N–H and O–H groups in total. The van der Waals surface area contributed by atoms with Crippen LogP contribution in [0.15, 0.2) is 77.4 Å². The van der Waals surface area contributed by atoms with E-state index in [0.29, 0.717) is 17.9 Å². The Bertz CT molecular complexity index is 835. The highest BCUT2D eigenvalue weighted by atomic mass is 16.5. The molecule has 1 aromatic heterocycles. The molecule has 0 spiro atoms. The van der Waals surface area contributed by atoms with E-state index in [1.165, 1.54) is 0 Å². The number of amides is 1. The second-order valence-electron chi connectivity index (χ2n) is 5.46. The van der Waals surface area contributed by atoms with Gasteiger partial charge in [-0.3, -0.25) is 4.79 Å². The van der Waals surface area contributed by atoms with Gasteiger partial charge in [-0.05, 0) is 41.5 Å². The van der Waals surface area contributed by atoms with E-state index in [9.17, 15) is 4.79 Å². The molecule has 0 aliphatic rings. The van der Waals surface area contributed by atoms with Crippen LogP contribution >= 0.6 is 0 Å². The summed E-state index contributed by atoms with van der Waals surface area (Å²) in [4.78, 5) is 12.7. The molecule has 0 saturated heterocycles. The van der Waals surface area contributed by atoms with Crippen molar-refractivity contribution in [2.75, 3.05) is 7.11 Å². The topological polar surface area (TPSA) is 51.5 Å². The molecule has 4 nitrogen and oxygen atoms in total. The molecule has 3 aromatic rings. The first-order valence-electron chi connectivity index (χ1n) is 7.98. The molecule has 0 bridgehead atoms. The highest BCUT2D eigenvalue weighted by molar-refractivity contribution is 6.24. The number of carbonyl (C=O) groups excluding carboxylic acids is 1. The zero-order valence-corrected chi connectivity index (χ0v) is 13.9. The number of hydrogen-bond donors (Lipinski definition) is 1. The summed E-state index contributed by atoms with van der Waals surface area (Å²) in [6.45, 7) is 0.346. The second kappa shape index (κ2) is 8.02. The van der Waals surface area contributed by atoms with Crippen LogP contribution in [0.2, 0.25) is 0 Å². The minimum Gasteiger partial charge on any atom is -0.497 e. The number of nitrogens with one attached hydrogen (secondary N) is 1. The maximum Gasteiger partial charge on any atom is 0.252 e. The molecule has 0 radical (unpaired) electrons. The number of benzene rings is 2. The van der Waals surface area contributed by atoms with Gasteiger partial charge < -0.3 is 14.5 Å². The lowest BCUT2D eigenvalue weighted by molar-refractivity contribution is -0.115. The molecule has 4 heteroatoms. The van der Waals surface area contributed by atoms with Crippen LogP contribution in [0.25, 0.3) is 11.6 Å². The largest absolute Gasteiger partial charge is 0.497 e. The van der Waals surface area contributed by atoms with Crippen molar-refractivity contribution in [2.24, 2.45) is 0 Å². The minimum atomic E-state index is -0.154. The third-order valence-corrected chi connectivity index (χ3v) is 3.76. The number of ether oxygens (including phenoxy) is 1. The standard InChI is InChI=1S/C21H19NO3/c1-24-18-11-9-16(10-12-18)14-20(17-6-3-2-4-7-17)21(23)22-15-19-8-5-13-25-19/h2-14H,15H2,1H3,(H,22,23). The van der Waals surface area contributed by atoms with Gasteiger partial charge in [-0.2, -0.15) is 0 Å². The summed E-state index contributed by atoms with van der Waals surface area (Å²) in [6.07, 6.45) is 3.46. The Labute approximate surface area is 146 Å². The molecule has 2 aromatic carbocycles. The first-order chi connectivity index (χ1) is 12.3. The van der Waals surface area contributed by atoms with Gasteiger partial charge in [0.15, 0.2) is 0 Å². The van der Waals surface area contributed by atoms with Crippen LogP contribution in [0.4, 0.5) is 0 Å². The van der Waals surface area contributed by atoms with Gasteiger partial charge in [-0.25, -0.2) is 0 Å². The molecule has 0 aliphatic heterocycles. The summed E-state index contributed by atoms with van der Waals surface area (Å²) >= 11 is 0. The van der Waals surface area contributed by atoms with E-state index in [4.69, 9.17) is 9.15 Å². The van der Waals surface area contributed by atoms with Crippen molar-refractivity contribution in [3.8, 4) is 5.75 Å². The number of hydrogen-bond acceptors (Lipinski definition) is 3. The van der Waals surface area contributed by atoms with Crippen molar-refractivity contribution >= 4 is 17.6 Å². The fourth-order valence-electron chi connectivity index (χ4n) is 2.44. The third-order valence-electron chi connectivity index (χ3n) is 3.76. The Balaban J connectivity index is 1.86. The lowest BCUT2D eigenvalue weighted by Gasteiger charge is -2.09. The first kappa shape index (κ1) is 16.6.